The molecule has 0 saturated carbocycles. The van der Waals surface area contributed by atoms with Crippen LogP contribution in [0.1, 0.15) is 84.3 Å². The van der Waals surface area contributed by atoms with Crippen molar-refractivity contribution < 1.29 is 34.5 Å². The minimum atomic E-state index is -1.34. The molecule has 14 heteroatoms. The van der Waals surface area contributed by atoms with Gasteiger partial charge in [0.2, 0.25) is 11.8 Å². The number of hydrogen-bond acceptors (Lipinski definition) is 8. The first kappa shape index (κ1) is 47.2. The molecule has 5 amide bonds. The molecular weight excluding hydrogens is 787 g/mol. The largest absolute Gasteiger partial charge is 0.465 e. The summed E-state index contributed by atoms with van der Waals surface area (Å²) in [6.45, 7) is 15.1. The number of benzene rings is 2. The Bertz CT molecular complexity index is 2130. The number of aliphatic hydroxyl groups is 2. The van der Waals surface area contributed by atoms with Crippen LogP contribution in [0.5, 0.6) is 0 Å². The van der Waals surface area contributed by atoms with E-state index in [-0.39, 0.29) is 38.4 Å². The minimum absolute atomic E-state index is 0.00274. The molecule has 62 heavy (non-hydrogen) atoms. The molecule has 14 nitrogen and oxygen atoms in total. The molecule has 0 spiro atoms. The summed E-state index contributed by atoms with van der Waals surface area (Å²) in [6.07, 6.45) is -0.272. The van der Waals surface area contributed by atoms with Crippen molar-refractivity contribution in [1.29, 1.82) is 0 Å². The van der Waals surface area contributed by atoms with Crippen molar-refractivity contribution in [2.45, 2.75) is 117 Å². The van der Waals surface area contributed by atoms with Crippen LogP contribution in [0.15, 0.2) is 97.2 Å². The van der Waals surface area contributed by atoms with Crippen LogP contribution in [0.2, 0.25) is 0 Å². The highest BCUT2D eigenvalue weighted by atomic mass is 16.4. The van der Waals surface area contributed by atoms with E-state index in [2.05, 4.69) is 25.9 Å². The average molecular weight is 850 g/mol. The highest BCUT2D eigenvalue weighted by Gasteiger charge is 2.44. The Morgan fingerprint density at radius 2 is 1.40 bits per heavy atom. The lowest BCUT2D eigenvalue weighted by atomic mass is 9.84. The first-order chi connectivity index (χ1) is 29.1. The molecule has 1 fully saturated rings. The van der Waals surface area contributed by atoms with Gasteiger partial charge in [0.25, 0.3) is 0 Å². The molecule has 5 rings (SSSR count). The third kappa shape index (κ3) is 12.8. The number of rotatable bonds is 17. The molecule has 0 unspecified atom stereocenters. The van der Waals surface area contributed by atoms with Gasteiger partial charge in [0.1, 0.15) is 17.7 Å². The number of carbonyl (C=O) groups excluding carboxylic acids is 3. The van der Waals surface area contributed by atoms with Gasteiger partial charge in [0, 0.05) is 30.9 Å². The summed E-state index contributed by atoms with van der Waals surface area (Å²) in [5.41, 5.74) is 1.88. The summed E-state index contributed by atoms with van der Waals surface area (Å²) in [7, 11) is 0. The average Bonchev–Trinajstić information content (AvgIpc) is 3.54. The Hall–Kier alpha value is -5.86. The standard InChI is InChI=1S/C48H63N7O7/c1-46(2,3)40(53-44(59)60)42(57)51-35(27-32-20-22-33(23-21-32)36-18-12-13-24-49-36)29-38(56)37(28-31-15-10-9-11-16-31)52-43(58)41(47(4,5)6)55-26-25-54(45(55)61)30-34-17-14-19-39(50-34)48(7,8)62/h9-24,35,37-38,40-41,53,56,62H,25-30H2,1-8H3,(H,51,57)(H,52,58)(H,59,60)/t35-,37-,38+,40+,41+/m0/s1. The second-order valence-corrected chi connectivity index (χ2v) is 18.9. The molecule has 2 aromatic heterocycles. The maximum atomic E-state index is 14.6. The van der Waals surface area contributed by atoms with Crippen LogP contribution in [0, 0.1) is 10.8 Å². The van der Waals surface area contributed by atoms with E-state index in [0.29, 0.717) is 17.9 Å². The normalized spacial score (nSPS) is 15.9. The van der Waals surface area contributed by atoms with E-state index >= 15 is 0 Å². The number of carboxylic acid groups (broad SMARTS) is 1. The molecule has 2 aromatic carbocycles. The second-order valence-electron chi connectivity index (χ2n) is 18.9. The zero-order valence-electron chi connectivity index (χ0n) is 37.1. The molecule has 1 saturated heterocycles. The van der Waals surface area contributed by atoms with E-state index in [1.807, 2.05) is 93.6 Å². The van der Waals surface area contributed by atoms with Crippen LogP contribution >= 0.6 is 0 Å². The molecule has 0 aliphatic carbocycles. The van der Waals surface area contributed by atoms with E-state index in [9.17, 15) is 34.5 Å². The molecule has 1 aliphatic heterocycles. The second kappa shape index (κ2) is 19.9. The van der Waals surface area contributed by atoms with Crippen LogP contribution in [0.25, 0.3) is 11.3 Å². The Labute approximate surface area is 365 Å². The predicted octanol–water partition coefficient (Wildman–Crippen LogP) is 5.91. The summed E-state index contributed by atoms with van der Waals surface area (Å²) < 4.78 is 0. The number of nitrogens with one attached hydrogen (secondary N) is 3. The number of hydrogen-bond donors (Lipinski definition) is 6. The summed E-state index contributed by atoms with van der Waals surface area (Å²) in [5, 5.41) is 40.9. The van der Waals surface area contributed by atoms with Crippen LogP contribution in [0.3, 0.4) is 0 Å². The number of pyridine rings is 2. The first-order valence-electron chi connectivity index (χ1n) is 21.2. The Morgan fingerprint density at radius 3 is 2.00 bits per heavy atom. The lowest BCUT2D eigenvalue weighted by Gasteiger charge is -2.38. The van der Waals surface area contributed by atoms with Crippen molar-refractivity contribution in [2.24, 2.45) is 10.8 Å². The number of aliphatic hydroxyl groups excluding tert-OH is 1. The SMILES string of the molecule is CC(C)(O)c1cccc(CN2CCN([C@H](C(=O)N[C@@H](Cc3ccccc3)[C@H](O)C[C@H](Cc3ccc(-c4ccccn4)cc3)NC(=O)[C@@H](NC(=O)O)C(C)(C)C)C(C)(C)C)C2=O)n1. The van der Waals surface area contributed by atoms with Crippen LogP contribution < -0.4 is 16.0 Å². The van der Waals surface area contributed by atoms with E-state index in [0.717, 1.165) is 22.4 Å². The summed E-state index contributed by atoms with van der Waals surface area (Å²) in [6, 6.07) is 24.3. The van der Waals surface area contributed by atoms with Gasteiger partial charge in [-0.1, -0.05) is 108 Å². The molecule has 4 aromatic rings. The van der Waals surface area contributed by atoms with E-state index in [1.54, 1.807) is 68.8 Å². The number of carbonyl (C=O) groups is 4. The zero-order chi connectivity index (χ0) is 45.4. The topological polar surface area (TPSA) is 197 Å². The molecule has 3 heterocycles. The van der Waals surface area contributed by atoms with Gasteiger partial charge in [-0.2, -0.15) is 0 Å². The van der Waals surface area contributed by atoms with Gasteiger partial charge in [0.15, 0.2) is 0 Å². The van der Waals surface area contributed by atoms with Gasteiger partial charge < -0.3 is 41.1 Å². The van der Waals surface area contributed by atoms with E-state index < -0.39 is 64.6 Å². The van der Waals surface area contributed by atoms with Crippen molar-refractivity contribution in [3.05, 3.63) is 120 Å². The fourth-order valence-electron chi connectivity index (χ4n) is 7.87. The molecule has 6 N–H and O–H groups in total. The summed E-state index contributed by atoms with van der Waals surface area (Å²) in [4.78, 5) is 66.7. The molecule has 5 atom stereocenters. The first-order valence-corrected chi connectivity index (χ1v) is 21.2. The lowest BCUT2D eigenvalue weighted by Crippen LogP contribution is -2.59. The van der Waals surface area contributed by atoms with Crippen molar-refractivity contribution in [2.75, 3.05) is 13.1 Å². The number of aromatic nitrogens is 2. The van der Waals surface area contributed by atoms with Crippen molar-refractivity contribution in [3.63, 3.8) is 0 Å². The van der Waals surface area contributed by atoms with Gasteiger partial charge in [-0.25, -0.2) is 9.59 Å². The van der Waals surface area contributed by atoms with Crippen molar-refractivity contribution in [3.8, 4) is 11.3 Å². The third-order valence-electron chi connectivity index (χ3n) is 11.0. The maximum Gasteiger partial charge on any atom is 0.405 e. The van der Waals surface area contributed by atoms with Crippen molar-refractivity contribution in [1.82, 2.24) is 35.7 Å². The molecule has 1 aliphatic rings. The summed E-state index contributed by atoms with van der Waals surface area (Å²) in [5.74, 6) is -0.975. The van der Waals surface area contributed by atoms with Gasteiger partial charge in [-0.15, -0.1) is 0 Å². The van der Waals surface area contributed by atoms with Crippen molar-refractivity contribution >= 4 is 23.9 Å². The van der Waals surface area contributed by atoms with Gasteiger partial charge in [-0.05, 0) is 79.3 Å². The molecule has 0 radical (unpaired) electrons. The molecule has 0 bridgehead atoms. The molecule has 332 valence electrons. The smallest absolute Gasteiger partial charge is 0.405 e. The number of amides is 5. The minimum Gasteiger partial charge on any atom is -0.465 e. The highest BCUT2D eigenvalue weighted by molar-refractivity contribution is 5.89. The van der Waals surface area contributed by atoms with Gasteiger partial charge in [-0.3, -0.25) is 19.6 Å². The lowest BCUT2D eigenvalue weighted by molar-refractivity contribution is -0.131. The van der Waals surface area contributed by atoms with Crippen LogP contribution in [0.4, 0.5) is 9.59 Å². The monoisotopic (exact) mass is 849 g/mol. The van der Waals surface area contributed by atoms with E-state index in [4.69, 9.17) is 0 Å². The highest BCUT2D eigenvalue weighted by Crippen LogP contribution is 2.30. The fraction of sp³-hybridized carbons (Fsp3) is 0.458. The Balaban J connectivity index is 1.41. The summed E-state index contributed by atoms with van der Waals surface area (Å²) >= 11 is 0. The third-order valence-corrected chi connectivity index (χ3v) is 11.0. The van der Waals surface area contributed by atoms with Gasteiger partial charge >= 0.3 is 12.1 Å². The zero-order valence-corrected chi connectivity index (χ0v) is 37.1. The number of nitrogens with zero attached hydrogens (tertiary/aromatic N) is 4. The fourth-order valence-corrected chi connectivity index (χ4v) is 7.87. The van der Waals surface area contributed by atoms with E-state index in [1.165, 1.54) is 0 Å². The molecular formula is C48H63N7O7. The predicted molar refractivity (Wildman–Crippen MR) is 238 cm³/mol. The Morgan fingerprint density at radius 1 is 0.742 bits per heavy atom. The van der Waals surface area contributed by atoms with Gasteiger partial charge in [0.05, 0.1) is 35.8 Å². The number of urea groups is 1. The Kier molecular flexibility index (Phi) is 15.1. The maximum absolute atomic E-state index is 14.6. The van der Waals surface area contributed by atoms with Crippen LogP contribution in [-0.2, 0) is 34.6 Å². The quantitative estimate of drug-likeness (QED) is 0.0748. The van der Waals surface area contributed by atoms with Crippen LogP contribution in [-0.4, -0.2) is 102 Å².